The van der Waals surface area contributed by atoms with Crippen LogP contribution in [0.25, 0.3) is 0 Å². The summed E-state index contributed by atoms with van der Waals surface area (Å²) in [5, 5.41) is 4.50. The van der Waals surface area contributed by atoms with Crippen molar-refractivity contribution in [1.82, 2.24) is 15.0 Å². The van der Waals surface area contributed by atoms with E-state index in [1.54, 1.807) is 31.9 Å². The second-order valence-corrected chi connectivity index (χ2v) is 11.6. The van der Waals surface area contributed by atoms with Crippen molar-refractivity contribution in [3.63, 3.8) is 0 Å². The lowest BCUT2D eigenvalue weighted by atomic mass is 9.97. The van der Waals surface area contributed by atoms with E-state index < -0.39 is 27.4 Å². The molecule has 2 heterocycles. The van der Waals surface area contributed by atoms with Crippen LogP contribution in [-0.2, 0) is 19.4 Å². The lowest BCUT2D eigenvalue weighted by molar-refractivity contribution is -0.154. The molecule has 0 radical (unpaired) electrons. The summed E-state index contributed by atoms with van der Waals surface area (Å²) in [7, 11) is -1.58. The van der Waals surface area contributed by atoms with Gasteiger partial charge in [0.15, 0.2) is 9.84 Å². The molecule has 192 valence electrons. The van der Waals surface area contributed by atoms with Crippen LogP contribution in [0.5, 0.6) is 0 Å². The lowest BCUT2D eigenvalue weighted by Crippen LogP contribution is -2.40. The molecule has 2 aromatic rings. The number of sulfone groups is 1. The van der Waals surface area contributed by atoms with Crippen molar-refractivity contribution in [2.45, 2.75) is 44.1 Å². The number of hydrogen-bond donors (Lipinski definition) is 1. The predicted molar refractivity (Wildman–Crippen MR) is 130 cm³/mol. The van der Waals surface area contributed by atoms with Gasteiger partial charge in [-0.2, -0.15) is 0 Å². The van der Waals surface area contributed by atoms with E-state index in [0.29, 0.717) is 30.6 Å². The molecule has 0 spiro atoms. The summed E-state index contributed by atoms with van der Waals surface area (Å²) in [5.74, 6) is 0.712. The predicted octanol–water partition coefficient (Wildman–Crippen LogP) is 3.78. The number of benzene rings is 1. The second-order valence-electron chi connectivity index (χ2n) is 9.61. The molecule has 35 heavy (non-hydrogen) atoms. The highest BCUT2D eigenvalue weighted by atomic mass is 32.2. The van der Waals surface area contributed by atoms with Gasteiger partial charge in [0.05, 0.1) is 10.6 Å². The molecular formula is C23H32FN5O5S. The van der Waals surface area contributed by atoms with Crippen LogP contribution >= 0.6 is 0 Å². The Labute approximate surface area is 205 Å². The fourth-order valence-electron chi connectivity index (χ4n) is 3.63. The Hall–Kier alpha value is -2.99. The van der Waals surface area contributed by atoms with Gasteiger partial charge in [-0.25, -0.2) is 27.6 Å². The lowest BCUT2D eigenvalue weighted by Gasteiger charge is -2.33. The number of ether oxygens (including phenoxy) is 1. The van der Waals surface area contributed by atoms with Gasteiger partial charge in [0.1, 0.15) is 29.4 Å². The summed E-state index contributed by atoms with van der Waals surface area (Å²) in [6.45, 7) is 7.31. The number of carbonyl (C=O) groups excluding carboxylic acids is 1. The van der Waals surface area contributed by atoms with E-state index in [-0.39, 0.29) is 10.6 Å². The molecule has 0 atom stereocenters. The third kappa shape index (κ3) is 8.03. The molecule has 0 unspecified atom stereocenters. The topological polar surface area (TPSA) is 114 Å². The zero-order valence-corrected chi connectivity index (χ0v) is 21.4. The van der Waals surface area contributed by atoms with E-state index in [4.69, 9.17) is 9.57 Å². The maximum absolute atomic E-state index is 14.4. The smallest absolute Gasteiger partial charge is 0.427 e. The minimum Gasteiger partial charge on any atom is -0.427 e. The number of nitrogens with one attached hydrogen (secondary N) is 1. The number of nitrogens with zero attached hydrogens (tertiary/aromatic N) is 4. The van der Waals surface area contributed by atoms with Crippen molar-refractivity contribution in [2.24, 2.45) is 5.92 Å². The number of aromatic nitrogens is 2. The summed E-state index contributed by atoms with van der Waals surface area (Å²) >= 11 is 0. The van der Waals surface area contributed by atoms with Crippen molar-refractivity contribution < 1.29 is 27.2 Å². The van der Waals surface area contributed by atoms with Crippen molar-refractivity contribution in [1.29, 1.82) is 0 Å². The van der Waals surface area contributed by atoms with E-state index in [2.05, 4.69) is 15.3 Å². The third-order valence-electron chi connectivity index (χ3n) is 5.37. The molecule has 3 rings (SSSR count). The monoisotopic (exact) mass is 509 g/mol. The molecule has 1 aliphatic heterocycles. The fraction of sp³-hybridized carbons (Fsp3) is 0.522. The van der Waals surface area contributed by atoms with Crippen molar-refractivity contribution in [3.05, 3.63) is 36.4 Å². The van der Waals surface area contributed by atoms with Crippen LogP contribution in [0.2, 0.25) is 0 Å². The van der Waals surface area contributed by atoms with Gasteiger partial charge in [0.25, 0.3) is 0 Å². The molecule has 1 aliphatic rings. The molecule has 0 bridgehead atoms. The number of hydroxylamine groups is 2. The van der Waals surface area contributed by atoms with Gasteiger partial charge < -0.3 is 19.8 Å². The average molecular weight is 510 g/mol. The Morgan fingerprint density at radius 1 is 1.23 bits per heavy atom. The molecule has 0 saturated carbocycles. The van der Waals surface area contributed by atoms with Crippen molar-refractivity contribution >= 4 is 33.3 Å². The SMILES string of the molecule is CN(CC1CCN(OC(=O)OC(C)(C)C)CC1)c1cc(Nc2ccc(S(C)(=O)=O)cc2F)ncn1. The normalized spacial score (nSPS) is 15.5. The Kier molecular flexibility index (Phi) is 8.16. The largest absolute Gasteiger partial charge is 0.528 e. The van der Waals surface area contributed by atoms with Crippen LogP contribution in [-0.4, -0.2) is 68.1 Å². The summed E-state index contributed by atoms with van der Waals surface area (Å²) in [4.78, 5) is 27.5. The van der Waals surface area contributed by atoms with E-state index >= 15 is 0 Å². The van der Waals surface area contributed by atoms with Gasteiger partial charge in [-0.15, -0.1) is 5.06 Å². The van der Waals surface area contributed by atoms with Crippen LogP contribution in [0.4, 0.5) is 26.5 Å². The van der Waals surface area contributed by atoms with E-state index in [0.717, 1.165) is 31.7 Å². The molecule has 1 aromatic carbocycles. The van der Waals surface area contributed by atoms with E-state index in [9.17, 15) is 17.6 Å². The zero-order chi connectivity index (χ0) is 25.8. The fourth-order valence-corrected chi connectivity index (χ4v) is 4.26. The molecule has 1 fully saturated rings. The molecule has 1 saturated heterocycles. The highest BCUT2D eigenvalue weighted by Crippen LogP contribution is 2.25. The summed E-state index contributed by atoms with van der Waals surface area (Å²) in [5.41, 5.74) is -0.489. The average Bonchev–Trinajstić information content (AvgIpc) is 2.74. The molecule has 1 aromatic heterocycles. The molecule has 1 N–H and O–H groups in total. The van der Waals surface area contributed by atoms with Crippen LogP contribution in [0.1, 0.15) is 33.6 Å². The number of piperidine rings is 1. The van der Waals surface area contributed by atoms with Crippen LogP contribution in [0.3, 0.4) is 0 Å². The molecule has 10 nitrogen and oxygen atoms in total. The first-order valence-corrected chi connectivity index (χ1v) is 13.1. The minimum absolute atomic E-state index is 0.0915. The minimum atomic E-state index is -3.50. The molecular weight excluding hydrogens is 477 g/mol. The van der Waals surface area contributed by atoms with Gasteiger partial charge >= 0.3 is 6.16 Å². The van der Waals surface area contributed by atoms with Crippen molar-refractivity contribution in [3.8, 4) is 0 Å². The Bertz CT molecular complexity index is 1150. The molecule has 0 amide bonds. The van der Waals surface area contributed by atoms with Gasteiger partial charge in [0, 0.05) is 39.0 Å². The van der Waals surface area contributed by atoms with Gasteiger partial charge in [-0.3, -0.25) is 0 Å². The third-order valence-corrected chi connectivity index (χ3v) is 6.48. The number of carbonyl (C=O) groups is 1. The first kappa shape index (κ1) is 26.6. The summed E-state index contributed by atoms with van der Waals surface area (Å²) in [6, 6.07) is 5.38. The second kappa shape index (κ2) is 10.7. The Morgan fingerprint density at radius 2 is 1.91 bits per heavy atom. The van der Waals surface area contributed by atoms with Crippen molar-refractivity contribution in [2.75, 3.05) is 43.2 Å². The summed E-state index contributed by atoms with van der Waals surface area (Å²) in [6.07, 6.45) is 3.38. The first-order valence-electron chi connectivity index (χ1n) is 11.3. The summed E-state index contributed by atoms with van der Waals surface area (Å²) < 4.78 is 42.8. The van der Waals surface area contributed by atoms with Crippen LogP contribution in [0, 0.1) is 11.7 Å². The van der Waals surface area contributed by atoms with Gasteiger partial charge in [-0.05, 0) is 57.7 Å². The quantitative estimate of drug-likeness (QED) is 0.553. The van der Waals surface area contributed by atoms with E-state index in [1.165, 1.54) is 18.5 Å². The Morgan fingerprint density at radius 3 is 2.51 bits per heavy atom. The zero-order valence-electron chi connectivity index (χ0n) is 20.6. The number of anilines is 3. The number of rotatable bonds is 7. The first-order chi connectivity index (χ1) is 16.3. The molecule has 12 heteroatoms. The maximum Gasteiger partial charge on any atom is 0.528 e. The van der Waals surface area contributed by atoms with Crippen LogP contribution in [0.15, 0.2) is 35.5 Å². The molecule has 0 aliphatic carbocycles. The number of halogens is 1. The van der Waals surface area contributed by atoms with Crippen LogP contribution < -0.4 is 10.2 Å². The standard InChI is InChI=1S/C23H32FN5O5S/c1-23(2,3)33-22(30)34-29-10-8-16(9-11-29)14-28(4)21-13-20(25-15-26-21)27-19-7-6-17(12-18(19)24)35(5,31)32/h6-7,12-13,15-16H,8-11,14H2,1-5H3,(H,25,26,27). The number of hydrogen-bond acceptors (Lipinski definition) is 10. The Balaban J connectivity index is 1.54. The highest BCUT2D eigenvalue weighted by Gasteiger charge is 2.26. The van der Waals surface area contributed by atoms with Gasteiger partial charge in [-0.1, -0.05) is 0 Å². The highest BCUT2D eigenvalue weighted by molar-refractivity contribution is 7.90. The van der Waals surface area contributed by atoms with Gasteiger partial charge in [0.2, 0.25) is 0 Å². The maximum atomic E-state index is 14.4. The van der Waals surface area contributed by atoms with E-state index in [1.807, 2.05) is 11.9 Å².